The summed E-state index contributed by atoms with van der Waals surface area (Å²) in [4.78, 5) is 0. The van der Waals surface area contributed by atoms with Gasteiger partial charge in [-0.1, -0.05) is 12.1 Å². The third-order valence-electron chi connectivity index (χ3n) is 2.31. The van der Waals surface area contributed by atoms with E-state index in [-0.39, 0.29) is 0 Å². The summed E-state index contributed by atoms with van der Waals surface area (Å²) in [5, 5.41) is 0. The SMILES string of the molecule is CCOCCCOc1c(CCl)cccc1OC. The van der Waals surface area contributed by atoms with Gasteiger partial charge in [-0.3, -0.25) is 0 Å². The van der Waals surface area contributed by atoms with E-state index in [9.17, 15) is 0 Å². The van der Waals surface area contributed by atoms with Gasteiger partial charge in [-0.05, 0) is 13.0 Å². The van der Waals surface area contributed by atoms with Crippen molar-refractivity contribution in [1.29, 1.82) is 0 Å². The predicted molar refractivity (Wildman–Crippen MR) is 69.2 cm³/mol. The molecule has 0 unspecified atom stereocenters. The van der Waals surface area contributed by atoms with Crippen LogP contribution in [0.15, 0.2) is 18.2 Å². The first kappa shape index (κ1) is 14.1. The Labute approximate surface area is 108 Å². The van der Waals surface area contributed by atoms with Crippen LogP contribution < -0.4 is 9.47 Å². The molecule has 1 rings (SSSR count). The van der Waals surface area contributed by atoms with E-state index in [0.717, 1.165) is 30.1 Å². The fourth-order valence-corrected chi connectivity index (χ4v) is 1.68. The van der Waals surface area contributed by atoms with E-state index < -0.39 is 0 Å². The summed E-state index contributed by atoms with van der Waals surface area (Å²) in [5.74, 6) is 1.87. The monoisotopic (exact) mass is 258 g/mol. The predicted octanol–water partition coefficient (Wildman–Crippen LogP) is 3.24. The lowest BCUT2D eigenvalue weighted by Crippen LogP contribution is -2.05. The highest BCUT2D eigenvalue weighted by Gasteiger charge is 2.09. The quantitative estimate of drug-likeness (QED) is 0.529. The van der Waals surface area contributed by atoms with Gasteiger partial charge in [-0.25, -0.2) is 0 Å². The van der Waals surface area contributed by atoms with Crippen LogP contribution in [-0.4, -0.2) is 26.9 Å². The lowest BCUT2D eigenvalue weighted by molar-refractivity contribution is 0.130. The zero-order valence-electron chi connectivity index (χ0n) is 10.4. The van der Waals surface area contributed by atoms with E-state index in [1.54, 1.807) is 7.11 Å². The molecule has 0 fully saturated rings. The molecule has 0 aliphatic heterocycles. The molecule has 0 atom stereocenters. The number of alkyl halides is 1. The summed E-state index contributed by atoms with van der Waals surface area (Å²) < 4.78 is 16.2. The first-order valence-corrected chi connectivity index (χ1v) is 6.29. The van der Waals surface area contributed by atoms with E-state index in [4.69, 9.17) is 25.8 Å². The average Bonchev–Trinajstić information content (AvgIpc) is 2.38. The van der Waals surface area contributed by atoms with Gasteiger partial charge in [-0.2, -0.15) is 0 Å². The number of methoxy groups -OCH3 is 1. The van der Waals surface area contributed by atoms with Crippen LogP contribution in [-0.2, 0) is 10.6 Å². The maximum atomic E-state index is 5.86. The van der Waals surface area contributed by atoms with Crippen LogP contribution in [0.3, 0.4) is 0 Å². The minimum absolute atomic E-state index is 0.415. The Kier molecular flexibility index (Phi) is 6.82. The number of halogens is 1. The van der Waals surface area contributed by atoms with Gasteiger partial charge in [0.15, 0.2) is 11.5 Å². The van der Waals surface area contributed by atoms with Gasteiger partial charge >= 0.3 is 0 Å². The smallest absolute Gasteiger partial charge is 0.165 e. The van der Waals surface area contributed by atoms with Crippen molar-refractivity contribution in [2.45, 2.75) is 19.2 Å². The van der Waals surface area contributed by atoms with Crippen molar-refractivity contribution < 1.29 is 14.2 Å². The van der Waals surface area contributed by atoms with Crippen molar-refractivity contribution in [3.8, 4) is 11.5 Å². The summed E-state index contributed by atoms with van der Waals surface area (Å²) in [7, 11) is 1.63. The second kappa shape index (κ2) is 8.20. The minimum atomic E-state index is 0.415. The standard InChI is InChI=1S/C13H19ClO3/c1-3-16-8-5-9-17-13-11(10-14)6-4-7-12(13)15-2/h4,6-7H,3,5,8-10H2,1-2H3. The zero-order chi connectivity index (χ0) is 12.5. The van der Waals surface area contributed by atoms with Crippen molar-refractivity contribution in [3.05, 3.63) is 23.8 Å². The Morgan fingerprint density at radius 2 is 2.06 bits per heavy atom. The fourth-order valence-electron chi connectivity index (χ4n) is 1.47. The van der Waals surface area contributed by atoms with Crippen LogP contribution in [0.2, 0.25) is 0 Å². The average molecular weight is 259 g/mol. The largest absolute Gasteiger partial charge is 0.493 e. The van der Waals surface area contributed by atoms with Crippen LogP contribution >= 0.6 is 11.6 Å². The van der Waals surface area contributed by atoms with Crippen molar-refractivity contribution in [3.63, 3.8) is 0 Å². The molecular formula is C13H19ClO3. The Bertz CT molecular complexity index is 306. The fraction of sp³-hybridized carbons (Fsp3) is 0.538. The van der Waals surface area contributed by atoms with Crippen molar-refractivity contribution >= 4 is 11.6 Å². The Balaban J connectivity index is 2.55. The number of rotatable bonds is 8. The lowest BCUT2D eigenvalue weighted by Gasteiger charge is -2.13. The number of para-hydroxylation sites is 1. The molecule has 0 aliphatic carbocycles. The Morgan fingerprint density at radius 3 is 2.71 bits per heavy atom. The molecule has 0 radical (unpaired) electrons. The molecule has 0 amide bonds. The highest BCUT2D eigenvalue weighted by molar-refractivity contribution is 6.17. The molecular weight excluding hydrogens is 240 g/mol. The molecule has 4 heteroatoms. The normalized spacial score (nSPS) is 10.3. The molecule has 0 saturated carbocycles. The molecule has 1 aromatic rings. The van der Waals surface area contributed by atoms with E-state index in [1.807, 2.05) is 25.1 Å². The van der Waals surface area contributed by atoms with E-state index in [1.165, 1.54) is 0 Å². The van der Waals surface area contributed by atoms with E-state index in [0.29, 0.717) is 19.1 Å². The molecule has 0 aromatic heterocycles. The maximum Gasteiger partial charge on any atom is 0.165 e. The first-order valence-electron chi connectivity index (χ1n) is 5.75. The van der Waals surface area contributed by atoms with E-state index in [2.05, 4.69) is 0 Å². The molecule has 0 saturated heterocycles. The highest BCUT2D eigenvalue weighted by atomic mass is 35.5. The van der Waals surface area contributed by atoms with Crippen molar-refractivity contribution in [2.75, 3.05) is 26.9 Å². The zero-order valence-corrected chi connectivity index (χ0v) is 11.1. The second-order valence-corrected chi connectivity index (χ2v) is 3.75. The second-order valence-electron chi connectivity index (χ2n) is 3.48. The third kappa shape index (κ3) is 4.44. The number of hydrogen-bond donors (Lipinski definition) is 0. The molecule has 0 aliphatic rings. The molecule has 1 aromatic carbocycles. The van der Waals surface area contributed by atoms with Gasteiger partial charge in [0.1, 0.15) is 0 Å². The molecule has 17 heavy (non-hydrogen) atoms. The Morgan fingerprint density at radius 1 is 1.24 bits per heavy atom. The molecule has 0 heterocycles. The van der Waals surface area contributed by atoms with Crippen molar-refractivity contribution in [1.82, 2.24) is 0 Å². The molecule has 96 valence electrons. The molecule has 0 N–H and O–H groups in total. The lowest BCUT2D eigenvalue weighted by atomic mass is 10.2. The summed E-state index contributed by atoms with van der Waals surface area (Å²) >= 11 is 5.86. The van der Waals surface area contributed by atoms with Gasteiger partial charge < -0.3 is 14.2 Å². The summed E-state index contributed by atoms with van der Waals surface area (Å²) in [6, 6.07) is 5.71. The van der Waals surface area contributed by atoms with Crippen LogP contribution in [0.4, 0.5) is 0 Å². The van der Waals surface area contributed by atoms with Gasteiger partial charge in [0.25, 0.3) is 0 Å². The number of hydrogen-bond acceptors (Lipinski definition) is 3. The van der Waals surface area contributed by atoms with Crippen LogP contribution in [0, 0.1) is 0 Å². The highest BCUT2D eigenvalue weighted by Crippen LogP contribution is 2.32. The van der Waals surface area contributed by atoms with Gasteiger partial charge in [0.05, 0.1) is 19.6 Å². The van der Waals surface area contributed by atoms with Gasteiger partial charge in [-0.15, -0.1) is 11.6 Å². The summed E-state index contributed by atoms with van der Waals surface area (Å²) in [5.41, 5.74) is 0.947. The Hall–Kier alpha value is -0.930. The first-order chi connectivity index (χ1) is 8.33. The maximum absolute atomic E-state index is 5.86. The molecule has 0 spiro atoms. The van der Waals surface area contributed by atoms with Crippen LogP contribution in [0.1, 0.15) is 18.9 Å². The van der Waals surface area contributed by atoms with Gasteiger partial charge in [0.2, 0.25) is 0 Å². The number of ether oxygens (including phenoxy) is 3. The number of benzene rings is 1. The molecule has 0 bridgehead atoms. The third-order valence-corrected chi connectivity index (χ3v) is 2.60. The van der Waals surface area contributed by atoms with Gasteiger partial charge in [0, 0.05) is 25.2 Å². The molecule has 3 nitrogen and oxygen atoms in total. The summed E-state index contributed by atoms with van der Waals surface area (Å²) in [6.45, 7) is 4.03. The van der Waals surface area contributed by atoms with E-state index >= 15 is 0 Å². The topological polar surface area (TPSA) is 27.7 Å². The minimum Gasteiger partial charge on any atom is -0.493 e. The van der Waals surface area contributed by atoms with Crippen molar-refractivity contribution in [2.24, 2.45) is 0 Å². The summed E-state index contributed by atoms with van der Waals surface area (Å²) in [6.07, 6.45) is 0.855. The van der Waals surface area contributed by atoms with Crippen LogP contribution in [0.5, 0.6) is 11.5 Å². The van der Waals surface area contributed by atoms with Crippen LogP contribution in [0.25, 0.3) is 0 Å².